The summed E-state index contributed by atoms with van der Waals surface area (Å²) in [6.45, 7) is 3.12. The zero-order chi connectivity index (χ0) is 15.6. The van der Waals surface area contributed by atoms with Crippen molar-refractivity contribution in [3.63, 3.8) is 0 Å². The van der Waals surface area contributed by atoms with Gasteiger partial charge >= 0.3 is 0 Å². The van der Waals surface area contributed by atoms with Crippen LogP contribution in [0.5, 0.6) is 0 Å². The first-order valence-electron chi connectivity index (χ1n) is 6.90. The lowest BCUT2D eigenvalue weighted by molar-refractivity contribution is 0.647. The van der Waals surface area contributed by atoms with E-state index in [1.165, 1.54) is 6.20 Å². The molecule has 0 aliphatic carbocycles. The zero-order valence-corrected chi connectivity index (χ0v) is 13.0. The van der Waals surface area contributed by atoms with Crippen LogP contribution in [-0.2, 0) is 0 Å². The molecule has 1 heterocycles. The molecule has 1 aliphatic heterocycles. The maximum atomic E-state index is 9.44. The quantitative estimate of drug-likeness (QED) is 0.841. The first kappa shape index (κ1) is 14.9. The molecule has 0 saturated heterocycles. The molecule has 0 radical (unpaired) electrons. The Bertz CT molecular complexity index is 639. The third-order valence-electron chi connectivity index (χ3n) is 3.98. The predicted molar refractivity (Wildman–Crippen MR) is 88.9 cm³/mol. The molecule has 1 aromatic carbocycles. The van der Waals surface area contributed by atoms with Gasteiger partial charge in [-0.2, -0.15) is 5.26 Å². The van der Waals surface area contributed by atoms with Crippen molar-refractivity contribution in [1.82, 2.24) is 0 Å². The summed E-state index contributed by atoms with van der Waals surface area (Å²) in [4.78, 5) is 8.43. The maximum Gasteiger partial charge on any atom is 0.0999 e. The van der Waals surface area contributed by atoms with E-state index >= 15 is 0 Å². The highest BCUT2D eigenvalue weighted by atomic mass is 15.3. The number of nitrogens with zero attached hydrogens (tertiary/aromatic N) is 4. The Balaban J connectivity index is 2.67. The Hall–Kier alpha value is -2.48. The third-order valence-corrected chi connectivity index (χ3v) is 3.98. The van der Waals surface area contributed by atoms with Crippen molar-refractivity contribution in [3.8, 4) is 6.07 Å². The molecular formula is C16H21N5. The molecule has 0 fully saturated rings. The lowest BCUT2D eigenvalue weighted by Crippen LogP contribution is -2.44. The van der Waals surface area contributed by atoms with Crippen LogP contribution in [-0.4, -0.2) is 39.9 Å². The first-order valence-corrected chi connectivity index (χ1v) is 6.90. The van der Waals surface area contributed by atoms with E-state index in [4.69, 9.17) is 5.73 Å². The average molecular weight is 283 g/mol. The van der Waals surface area contributed by atoms with Gasteiger partial charge in [0.25, 0.3) is 0 Å². The second kappa shape index (κ2) is 5.88. The summed E-state index contributed by atoms with van der Waals surface area (Å²) in [5, 5.41) is 9.44. The van der Waals surface area contributed by atoms with E-state index in [0.29, 0.717) is 11.6 Å². The second-order valence-electron chi connectivity index (χ2n) is 5.35. The van der Waals surface area contributed by atoms with Crippen LogP contribution in [0.4, 0.5) is 11.4 Å². The molecule has 110 valence electrons. The lowest BCUT2D eigenvalue weighted by Gasteiger charge is -2.40. The van der Waals surface area contributed by atoms with Crippen molar-refractivity contribution < 1.29 is 0 Å². The Morgan fingerprint density at radius 1 is 1.43 bits per heavy atom. The molecule has 0 spiro atoms. The molecule has 5 heteroatoms. The van der Waals surface area contributed by atoms with Crippen molar-refractivity contribution in [2.75, 3.05) is 37.5 Å². The van der Waals surface area contributed by atoms with E-state index < -0.39 is 0 Å². The smallest absolute Gasteiger partial charge is 0.0999 e. The van der Waals surface area contributed by atoms with Gasteiger partial charge in [0, 0.05) is 57.3 Å². The van der Waals surface area contributed by atoms with E-state index in [2.05, 4.69) is 41.9 Å². The summed E-state index contributed by atoms with van der Waals surface area (Å²) in [6, 6.07) is 6.63. The van der Waals surface area contributed by atoms with Gasteiger partial charge in [0.1, 0.15) is 0 Å². The highest BCUT2D eigenvalue weighted by molar-refractivity contribution is 6.11. The highest BCUT2D eigenvalue weighted by Gasteiger charge is 2.25. The van der Waals surface area contributed by atoms with Crippen molar-refractivity contribution >= 4 is 23.2 Å². The minimum atomic E-state index is 0.411. The number of nitriles is 1. The van der Waals surface area contributed by atoms with Gasteiger partial charge in [-0.3, -0.25) is 4.99 Å². The third kappa shape index (κ3) is 2.57. The number of benzene rings is 1. The highest BCUT2D eigenvalue weighted by Crippen LogP contribution is 2.37. The van der Waals surface area contributed by atoms with Crippen molar-refractivity contribution in [2.45, 2.75) is 13.0 Å². The summed E-state index contributed by atoms with van der Waals surface area (Å²) < 4.78 is 0. The number of nitrogens with two attached hydrogens (primary N) is 1. The van der Waals surface area contributed by atoms with Crippen LogP contribution in [0.2, 0.25) is 0 Å². The van der Waals surface area contributed by atoms with Crippen LogP contribution in [0.3, 0.4) is 0 Å². The minimum absolute atomic E-state index is 0.411. The topological polar surface area (TPSA) is 68.6 Å². The monoisotopic (exact) mass is 283 g/mol. The number of allylic oxidation sites excluding steroid dienone is 1. The van der Waals surface area contributed by atoms with Gasteiger partial charge in [-0.15, -0.1) is 0 Å². The van der Waals surface area contributed by atoms with Gasteiger partial charge < -0.3 is 15.5 Å². The van der Waals surface area contributed by atoms with Crippen LogP contribution >= 0.6 is 0 Å². The van der Waals surface area contributed by atoms with Crippen LogP contribution < -0.4 is 15.5 Å². The molecule has 21 heavy (non-hydrogen) atoms. The van der Waals surface area contributed by atoms with E-state index in [9.17, 15) is 5.26 Å². The zero-order valence-electron chi connectivity index (χ0n) is 13.0. The molecule has 0 bridgehead atoms. The van der Waals surface area contributed by atoms with E-state index in [1.807, 2.05) is 12.1 Å². The Kier molecular flexibility index (Phi) is 4.18. The van der Waals surface area contributed by atoms with E-state index in [0.717, 1.165) is 29.1 Å². The molecule has 1 atom stereocenters. The SMILES string of the molecule is CN=CC(=CN)c1cc2c(cc1C#N)N(C)C[C@@H](C)N2C. The fraction of sp³-hybridized carbons (Fsp3) is 0.375. The molecule has 0 saturated carbocycles. The van der Waals surface area contributed by atoms with E-state index in [1.54, 1.807) is 13.3 Å². The molecule has 2 rings (SSSR count). The first-order chi connectivity index (χ1) is 10.0. The number of fused-ring (bicyclic) bond motifs is 1. The molecule has 0 aromatic heterocycles. The lowest BCUT2D eigenvalue weighted by atomic mass is 9.97. The van der Waals surface area contributed by atoms with Crippen LogP contribution in [0.15, 0.2) is 23.3 Å². The number of rotatable bonds is 2. The van der Waals surface area contributed by atoms with Gasteiger partial charge in [-0.25, -0.2) is 0 Å². The molecule has 2 N–H and O–H groups in total. The molecule has 0 unspecified atom stereocenters. The Labute approximate surface area is 126 Å². The Morgan fingerprint density at radius 2 is 2.14 bits per heavy atom. The fourth-order valence-electron chi connectivity index (χ4n) is 2.69. The summed E-state index contributed by atoms with van der Waals surface area (Å²) in [6.07, 6.45) is 3.17. The number of hydrogen-bond acceptors (Lipinski definition) is 5. The van der Waals surface area contributed by atoms with E-state index in [-0.39, 0.29) is 0 Å². The fourth-order valence-corrected chi connectivity index (χ4v) is 2.69. The van der Waals surface area contributed by atoms with Gasteiger partial charge in [-0.1, -0.05) is 0 Å². The molecule has 1 aromatic rings. The van der Waals surface area contributed by atoms with Crippen molar-refractivity contribution in [3.05, 3.63) is 29.5 Å². The van der Waals surface area contributed by atoms with Crippen molar-refractivity contribution in [1.29, 1.82) is 5.26 Å². The van der Waals surface area contributed by atoms with Crippen LogP contribution in [0.25, 0.3) is 5.57 Å². The van der Waals surface area contributed by atoms with Gasteiger partial charge in [0.05, 0.1) is 23.0 Å². The van der Waals surface area contributed by atoms with Crippen molar-refractivity contribution in [2.24, 2.45) is 10.7 Å². The predicted octanol–water partition coefficient (Wildman–Crippen LogP) is 1.83. The summed E-state index contributed by atoms with van der Waals surface area (Å²) in [5.41, 5.74) is 10.1. The molecular weight excluding hydrogens is 262 g/mol. The van der Waals surface area contributed by atoms with Gasteiger partial charge in [0.2, 0.25) is 0 Å². The standard InChI is InChI=1S/C16H21N5/c1-11-10-20(3)15-5-12(7-17)14(6-16(15)21(11)4)13(8-18)9-19-2/h5-6,8-9,11H,10,18H2,1-4H3/t11-/m1/s1. The van der Waals surface area contributed by atoms with Crippen LogP contribution in [0, 0.1) is 11.3 Å². The van der Waals surface area contributed by atoms with Crippen LogP contribution in [0.1, 0.15) is 18.1 Å². The number of likely N-dealkylation sites (N-methyl/N-ethyl adjacent to an activating group) is 2. The summed E-state index contributed by atoms with van der Waals surface area (Å²) >= 11 is 0. The Morgan fingerprint density at radius 3 is 2.71 bits per heavy atom. The second-order valence-corrected chi connectivity index (χ2v) is 5.35. The summed E-state index contributed by atoms with van der Waals surface area (Å²) in [5.74, 6) is 0. The number of aliphatic imine (C=N–C) groups is 1. The molecule has 0 amide bonds. The largest absolute Gasteiger partial charge is 0.404 e. The number of anilines is 2. The molecule has 5 nitrogen and oxygen atoms in total. The minimum Gasteiger partial charge on any atom is -0.404 e. The summed E-state index contributed by atoms with van der Waals surface area (Å²) in [7, 11) is 5.82. The average Bonchev–Trinajstić information content (AvgIpc) is 2.49. The molecule has 1 aliphatic rings. The van der Waals surface area contributed by atoms with Gasteiger partial charge in [-0.05, 0) is 19.1 Å². The normalized spacial score (nSPS) is 18.8. The number of hydrogen-bond donors (Lipinski definition) is 1. The maximum absolute atomic E-state index is 9.44. The van der Waals surface area contributed by atoms with Gasteiger partial charge in [0.15, 0.2) is 0 Å².